The average molecular weight is 305 g/mol. The third kappa shape index (κ3) is 3.01. The molecule has 5 nitrogen and oxygen atoms in total. The summed E-state index contributed by atoms with van der Waals surface area (Å²) in [6.45, 7) is 3.72. The summed E-state index contributed by atoms with van der Waals surface area (Å²) in [6, 6.07) is 2.26. The fraction of sp³-hybridized carbons (Fsp3) is 0.467. The van der Waals surface area contributed by atoms with Crippen LogP contribution in [0.3, 0.4) is 0 Å². The fourth-order valence-corrected chi connectivity index (χ4v) is 3.17. The van der Waals surface area contributed by atoms with Gasteiger partial charge in [0.15, 0.2) is 0 Å². The number of nitrogens with zero attached hydrogens (tertiary/aromatic N) is 2. The van der Waals surface area contributed by atoms with Crippen molar-refractivity contribution in [1.82, 2.24) is 15.2 Å². The highest BCUT2D eigenvalue weighted by Gasteiger charge is 2.24. The fourth-order valence-electron chi connectivity index (χ4n) is 2.54. The maximum absolute atomic E-state index is 12.4. The number of carbonyl (C=O) groups is 1. The summed E-state index contributed by atoms with van der Waals surface area (Å²) in [5, 5.41) is 7.26. The second-order valence-electron chi connectivity index (χ2n) is 5.36. The molecule has 2 aromatic heterocycles. The number of amides is 1. The number of nitrogens with one attached hydrogen (secondary N) is 1. The Morgan fingerprint density at radius 2 is 2.48 bits per heavy atom. The van der Waals surface area contributed by atoms with Gasteiger partial charge in [0.05, 0.1) is 12.1 Å². The van der Waals surface area contributed by atoms with Gasteiger partial charge < -0.3 is 14.6 Å². The molecule has 3 rings (SSSR count). The summed E-state index contributed by atoms with van der Waals surface area (Å²) in [4.78, 5) is 18.7. The molecule has 0 spiro atoms. The molecule has 1 fully saturated rings. The maximum Gasteiger partial charge on any atom is 0.228 e. The van der Waals surface area contributed by atoms with Crippen molar-refractivity contribution in [3.63, 3.8) is 0 Å². The van der Waals surface area contributed by atoms with Gasteiger partial charge in [-0.15, -0.1) is 0 Å². The van der Waals surface area contributed by atoms with Gasteiger partial charge in [-0.05, 0) is 31.3 Å². The maximum atomic E-state index is 12.4. The van der Waals surface area contributed by atoms with E-state index in [1.165, 1.54) is 0 Å². The van der Waals surface area contributed by atoms with Crippen molar-refractivity contribution in [3.8, 4) is 11.5 Å². The summed E-state index contributed by atoms with van der Waals surface area (Å²) >= 11 is 1.60. The van der Waals surface area contributed by atoms with E-state index in [4.69, 9.17) is 4.42 Å². The highest BCUT2D eigenvalue weighted by Crippen LogP contribution is 2.24. The van der Waals surface area contributed by atoms with Gasteiger partial charge in [-0.25, -0.2) is 4.98 Å². The number of hydrogen-bond donors (Lipinski definition) is 1. The minimum Gasteiger partial charge on any atom is -0.441 e. The van der Waals surface area contributed by atoms with E-state index in [0.29, 0.717) is 18.4 Å². The number of hydrogen-bond acceptors (Lipinski definition) is 5. The lowest BCUT2D eigenvalue weighted by molar-refractivity contribution is -0.131. The van der Waals surface area contributed by atoms with Crippen LogP contribution in [0.25, 0.3) is 11.5 Å². The number of likely N-dealkylation sites (N-methyl/N-ethyl adjacent to an activating group) is 1. The van der Waals surface area contributed by atoms with Gasteiger partial charge in [-0.1, -0.05) is 0 Å². The third-order valence-corrected chi connectivity index (χ3v) is 4.64. The molecule has 1 aliphatic rings. The number of aromatic nitrogens is 1. The highest BCUT2D eigenvalue weighted by molar-refractivity contribution is 7.08. The summed E-state index contributed by atoms with van der Waals surface area (Å²) in [6.07, 6.45) is 1.31. The van der Waals surface area contributed by atoms with E-state index in [-0.39, 0.29) is 5.91 Å². The second kappa shape index (κ2) is 5.99. The largest absolute Gasteiger partial charge is 0.441 e. The Kier molecular flexibility index (Phi) is 4.07. The van der Waals surface area contributed by atoms with Crippen LogP contribution in [0.5, 0.6) is 0 Å². The molecule has 112 valence electrons. The van der Waals surface area contributed by atoms with E-state index in [1.54, 1.807) is 11.3 Å². The molecule has 2 aromatic rings. The van der Waals surface area contributed by atoms with Crippen molar-refractivity contribution in [2.24, 2.45) is 0 Å². The van der Waals surface area contributed by atoms with Crippen molar-refractivity contribution < 1.29 is 9.21 Å². The highest BCUT2D eigenvalue weighted by atomic mass is 32.1. The van der Waals surface area contributed by atoms with Gasteiger partial charge >= 0.3 is 0 Å². The number of oxazole rings is 1. The third-order valence-electron chi connectivity index (χ3n) is 3.95. The zero-order valence-corrected chi connectivity index (χ0v) is 13.1. The normalized spacial score (nSPS) is 18.1. The van der Waals surface area contributed by atoms with Crippen LogP contribution in [0.2, 0.25) is 0 Å². The van der Waals surface area contributed by atoms with Gasteiger partial charge in [0.25, 0.3) is 0 Å². The molecule has 0 aromatic carbocycles. The SMILES string of the molecule is Cc1oc(-c2ccsc2)nc1CC(=O)N(C)C1CCNC1. The smallest absolute Gasteiger partial charge is 0.228 e. The zero-order chi connectivity index (χ0) is 14.8. The monoisotopic (exact) mass is 305 g/mol. The van der Waals surface area contributed by atoms with Crippen LogP contribution in [0.15, 0.2) is 21.2 Å². The molecule has 1 aliphatic heterocycles. The number of carbonyl (C=O) groups excluding carboxylic acids is 1. The molecule has 6 heteroatoms. The van der Waals surface area contributed by atoms with Crippen LogP contribution in [0, 0.1) is 6.92 Å². The minimum absolute atomic E-state index is 0.0944. The molecule has 3 heterocycles. The van der Waals surface area contributed by atoms with Crippen molar-refractivity contribution in [2.75, 3.05) is 20.1 Å². The summed E-state index contributed by atoms with van der Waals surface area (Å²) in [5.74, 6) is 1.42. The Hall–Kier alpha value is -1.66. The Morgan fingerprint density at radius 1 is 1.62 bits per heavy atom. The van der Waals surface area contributed by atoms with Crippen LogP contribution in [-0.2, 0) is 11.2 Å². The lowest BCUT2D eigenvalue weighted by Crippen LogP contribution is -2.39. The van der Waals surface area contributed by atoms with E-state index >= 15 is 0 Å². The molecule has 1 N–H and O–H groups in total. The predicted octanol–water partition coefficient (Wildman–Crippen LogP) is 2.07. The van der Waals surface area contributed by atoms with Gasteiger partial charge in [-0.2, -0.15) is 11.3 Å². The molecule has 0 aliphatic carbocycles. The standard InChI is InChI=1S/C15H19N3O2S/c1-10-13(17-15(20-10)11-4-6-21-9-11)7-14(19)18(2)12-3-5-16-8-12/h4,6,9,12,16H,3,5,7-8H2,1-2H3. The van der Waals surface area contributed by atoms with Crippen LogP contribution in [0.1, 0.15) is 17.9 Å². The first-order valence-corrected chi connectivity index (χ1v) is 8.04. The first kappa shape index (κ1) is 14.3. The van der Waals surface area contributed by atoms with Crippen molar-refractivity contribution >= 4 is 17.2 Å². The molecular formula is C15H19N3O2S. The van der Waals surface area contributed by atoms with Crippen LogP contribution >= 0.6 is 11.3 Å². The van der Waals surface area contributed by atoms with Crippen molar-refractivity contribution in [1.29, 1.82) is 0 Å². The summed E-state index contributed by atoms with van der Waals surface area (Å²) in [7, 11) is 1.87. The average Bonchev–Trinajstić information content (AvgIpc) is 3.20. The first-order valence-electron chi connectivity index (χ1n) is 7.10. The number of rotatable bonds is 4. The molecule has 1 atom stereocenters. The Balaban J connectivity index is 1.71. The van der Waals surface area contributed by atoms with Gasteiger partial charge in [0.2, 0.25) is 11.8 Å². The van der Waals surface area contributed by atoms with Crippen molar-refractivity contribution in [3.05, 3.63) is 28.3 Å². The van der Waals surface area contributed by atoms with E-state index in [9.17, 15) is 4.79 Å². The first-order chi connectivity index (χ1) is 10.1. The Morgan fingerprint density at radius 3 is 3.14 bits per heavy atom. The second-order valence-corrected chi connectivity index (χ2v) is 6.14. The quantitative estimate of drug-likeness (QED) is 0.939. The predicted molar refractivity (Wildman–Crippen MR) is 82.3 cm³/mol. The van der Waals surface area contributed by atoms with E-state index < -0.39 is 0 Å². The molecule has 0 radical (unpaired) electrons. The number of thiophene rings is 1. The van der Waals surface area contributed by atoms with Crippen LogP contribution in [-0.4, -0.2) is 42.0 Å². The van der Waals surface area contributed by atoms with E-state index in [2.05, 4.69) is 10.3 Å². The van der Waals surface area contributed by atoms with E-state index in [0.717, 1.165) is 36.5 Å². The lowest BCUT2D eigenvalue weighted by Gasteiger charge is -2.23. The molecule has 1 saturated heterocycles. The Labute approximate surface area is 128 Å². The summed E-state index contributed by atoms with van der Waals surface area (Å²) in [5.41, 5.74) is 1.70. The Bertz CT molecular complexity index is 615. The molecule has 0 bridgehead atoms. The molecule has 1 unspecified atom stereocenters. The van der Waals surface area contributed by atoms with Crippen LogP contribution in [0.4, 0.5) is 0 Å². The topological polar surface area (TPSA) is 58.4 Å². The minimum atomic E-state index is 0.0944. The van der Waals surface area contributed by atoms with Gasteiger partial charge in [-0.3, -0.25) is 4.79 Å². The molecular weight excluding hydrogens is 286 g/mol. The van der Waals surface area contributed by atoms with E-state index in [1.807, 2.05) is 35.7 Å². The number of aryl methyl sites for hydroxylation is 1. The van der Waals surface area contributed by atoms with Gasteiger partial charge in [0.1, 0.15) is 5.76 Å². The molecule has 0 saturated carbocycles. The van der Waals surface area contributed by atoms with Gasteiger partial charge in [0, 0.05) is 30.6 Å². The molecule has 21 heavy (non-hydrogen) atoms. The molecule has 1 amide bonds. The zero-order valence-electron chi connectivity index (χ0n) is 12.3. The van der Waals surface area contributed by atoms with Crippen LogP contribution < -0.4 is 5.32 Å². The van der Waals surface area contributed by atoms with Crippen molar-refractivity contribution in [2.45, 2.75) is 25.8 Å². The summed E-state index contributed by atoms with van der Waals surface area (Å²) < 4.78 is 5.68. The lowest BCUT2D eigenvalue weighted by atomic mass is 10.2.